The lowest BCUT2D eigenvalue weighted by molar-refractivity contribution is -0.187. The lowest BCUT2D eigenvalue weighted by atomic mass is 9.96. The van der Waals surface area contributed by atoms with Crippen molar-refractivity contribution in [2.24, 2.45) is 11.8 Å². The molecule has 1 amide bonds. The largest absolute Gasteiger partial charge is 0.481 e. The van der Waals surface area contributed by atoms with Crippen molar-refractivity contribution in [2.75, 3.05) is 13.1 Å². The molecule has 0 unspecified atom stereocenters. The maximum Gasteiger partial charge on any atom is 0.394 e. The van der Waals surface area contributed by atoms with Gasteiger partial charge in [-0.1, -0.05) is 18.2 Å². The summed E-state index contributed by atoms with van der Waals surface area (Å²) in [6, 6.07) is 5.36. The molecule has 0 saturated carbocycles. The lowest BCUT2D eigenvalue weighted by Crippen LogP contribution is -2.34. The normalized spacial score (nSPS) is 21.1. The monoisotopic (exact) mass is 355 g/mol. The Morgan fingerprint density at radius 2 is 1.92 bits per heavy atom. The van der Waals surface area contributed by atoms with Crippen molar-refractivity contribution in [3.05, 3.63) is 35.1 Å². The number of amides is 1. The molecular weight excluding hydrogens is 339 g/mol. The van der Waals surface area contributed by atoms with Crippen LogP contribution in [-0.4, -0.2) is 41.1 Å². The standard InChI is InChI=1S/C17H16F3NO4/c1-8-4-3-5-10-9(2)14(25-13(8)10)15(22)21-6-11(16(23)24)12(7-21)17(18,19)20/h3-5,11-12H,6-7H2,1-2H3,(H,23,24)/t11-,12-/m1/s1. The molecule has 0 radical (unpaired) electrons. The Morgan fingerprint density at radius 3 is 2.44 bits per heavy atom. The van der Waals surface area contributed by atoms with Gasteiger partial charge < -0.3 is 14.4 Å². The molecule has 0 aliphatic carbocycles. The van der Waals surface area contributed by atoms with Gasteiger partial charge in [0.25, 0.3) is 5.91 Å². The van der Waals surface area contributed by atoms with Crippen LogP contribution in [0.5, 0.6) is 0 Å². The fraction of sp³-hybridized carbons (Fsp3) is 0.412. The number of carbonyl (C=O) groups is 2. The summed E-state index contributed by atoms with van der Waals surface area (Å²) in [5.41, 5.74) is 1.84. The van der Waals surface area contributed by atoms with Crippen molar-refractivity contribution in [3.8, 4) is 0 Å². The number of carboxylic acid groups (broad SMARTS) is 1. The van der Waals surface area contributed by atoms with E-state index in [9.17, 15) is 22.8 Å². The minimum Gasteiger partial charge on any atom is -0.481 e. The van der Waals surface area contributed by atoms with E-state index in [1.165, 1.54) is 0 Å². The van der Waals surface area contributed by atoms with Crippen molar-refractivity contribution < 1.29 is 32.3 Å². The number of hydrogen-bond acceptors (Lipinski definition) is 3. The zero-order valence-corrected chi connectivity index (χ0v) is 13.6. The van der Waals surface area contributed by atoms with E-state index in [1.54, 1.807) is 32.0 Å². The summed E-state index contributed by atoms with van der Waals surface area (Å²) in [5.74, 6) is -6.08. The van der Waals surface area contributed by atoms with Crippen LogP contribution in [0, 0.1) is 25.7 Å². The summed E-state index contributed by atoms with van der Waals surface area (Å²) in [6.07, 6.45) is -4.68. The van der Waals surface area contributed by atoms with E-state index < -0.39 is 43.0 Å². The van der Waals surface area contributed by atoms with Gasteiger partial charge >= 0.3 is 12.1 Å². The second-order valence-electron chi connectivity index (χ2n) is 6.31. The number of hydrogen-bond donors (Lipinski definition) is 1. The second-order valence-corrected chi connectivity index (χ2v) is 6.31. The first-order valence-corrected chi connectivity index (χ1v) is 7.68. The van der Waals surface area contributed by atoms with Crippen molar-refractivity contribution in [2.45, 2.75) is 20.0 Å². The minimum absolute atomic E-state index is 0.0451. The minimum atomic E-state index is -4.68. The van der Waals surface area contributed by atoms with Gasteiger partial charge in [-0.3, -0.25) is 9.59 Å². The fourth-order valence-corrected chi connectivity index (χ4v) is 3.28. The molecule has 1 aromatic heterocycles. The Labute approximate surface area is 141 Å². The van der Waals surface area contributed by atoms with Crippen LogP contribution in [0.4, 0.5) is 13.2 Å². The predicted molar refractivity (Wildman–Crippen MR) is 82.3 cm³/mol. The molecule has 1 aliphatic heterocycles. The third kappa shape index (κ3) is 2.85. The van der Waals surface area contributed by atoms with Gasteiger partial charge in [0.15, 0.2) is 5.76 Å². The number of nitrogens with zero attached hydrogens (tertiary/aromatic N) is 1. The molecule has 2 aromatic rings. The van der Waals surface area contributed by atoms with E-state index in [0.29, 0.717) is 16.5 Å². The Hall–Kier alpha value is -2.51. The molecule has 3 rings (SSSR count). The van der Waals surface area contributed by atoms with Gasteiger partial charge in [0.2, 0.25) is 0 Å². The number of benzene rings is 1. The van der Waals surface area contributed by atoms with E-state index in [0.717, 1.165) is 10.5 Å². The topological polar surface area (TPSA) is 70.8 Å². The molecule has 2 atom stereocenters. The highest BCUT2D eigenvalue weighted by Gasteiger charge is 2.53. The Bertz CT molecular complexity index is 855. The van der Waals surface area contributed by atoms with Gasteiger partial charge in [0, 0.05) is 24.0 Å². The smallest absolute Gasteiger partial charge is 0.394 e. The molecule has 1 fully saturated rings. The van der Waals surface area contributed by atoms with Crippen LogP contribution in [0.1, 0.15) is 21.7 Å². The van der Waals surface area contributed by atoms with Crippen LogP contribution in [0.15, 0.2) is 22.6 Å². The number of fused-ring (bicyclic) bond motifs is 1. The summed E-state index contributed by atoms with van der Waals surface area (Å²) < 4.78 is 44.9. The number of carboxylic acids is 1. The third-order valence-corrected chi connectivity index (χ3v) is 4.70. The number of rotatable bonds is 2. The summed E-state index contributed by atoms with van der Waals surface area (Å²) in [5, 5.41) is 9.77. The van der Waals surface area contributed by atoms with Crippen molar-refractivity contribution >= 4 is 22.8 Å². The van der Waals surface area contributed by atoms with Gasteiger partial charge in [-0.05, 0) is 19.4 Å². The zero-order valence-electron chi connectivity index (χ0n) is 13.6. The van der Waals surface area contributed by atoms with E-state index in [-0.39, 0.29) is 5.76 Å². The van der Waals surface area contributed by atoms with E-state index >= 15 is 0 Å². The molecule has 1 N–H and O–H groups in total. The molecule has 8 heteroatoms. The number of aliphatic carboxylic acids is 1. The Morgan fingerprint density at radius 1 is 1.24 bits per heavy atom. The molecule has 25 heavy (non-hydrogen) atoms. The molecule has 1 aromatic carbocycles. The summed E-state index contributed by atoms with van der Waals surface area (Å²) in [7, 11) is 0. The maximum absolute atomic E-state index is 13.1. The maximum atomic E-state index is 13.1. The number of para-hydroxylation sites is 1. The summed E-state index contributed by atoms with van der Waals surface area (Å²) >= 11 is 0. The lowest BCUT2D eigenvalue weighted by Gasteiger charge is -2.18. The zero-order chi connectivity index (χ0) is 18.5. The molecule has 2 heterocycles. The Kier molecular flexibility index (Phi) is 4.01. The number of halogens is 3. The van der Waals surface area contributed by atoms with Crippen LogP contribution in [-0.2, 0) is 4.79 Å². The summed E-state index contributed by atoms with van der Waals surface area (Å²) in [4.78, 5) is 24.7. The molecule has 0 spiro atoms. The number of furan rings is 1. The van der Waals surface area contributed by atoms with Crippen LogP contribution in [0.2, 0.25) is 0 Å². The first-order valence-electron chi connectivity index (χ1n) is 7.68. The average Bonchev–Trinajstić information content (AvgIpc) is 3.10. The number of alkyl halides is 3. The number of carbonyl (C=O) groups excluding carboxylic acids is 1. The summed E-state index contributed by atoms with van der Waals surface area (Å²) in [6.45, 7) is 2.28. The highest BCUT2D eigenvalue weighted by molar-refractivity contribution is 5.99. The quantitative estimate of drug-likeness (QED) is 0.896. The Balaban J connectivity index is 1.95. The number of aryl methyl sites for hydroxylation is 2. The van der Waals surface area contributed by atoms with Gasteiger partial charge in [0.1, 0.15) is 5.58 Å². The van der Waals surface area contributed by atoms with E-state index in [1.807, 2.05) is 0 Å². The fourth-order valence-electron chi connectivity index (χ4n) is 3.28. The SMILES string of the molecule is Cc1c(C(=O)N2C[C@@H](C(F)(F)F)[C@H](C(=O)O)C2)oc2c(C)cccc12. The molecule has 1 aliphatic rings. The van der Waals surface area contributed by atoms with Crippen molar-refractivity contribution in [1.29, 1.82) is 0 Å². The first-order chi connectivity index (χ1) is 11.6. The van der Waals surface area contributed by atoms with Gasteiger partial charge in [-0.2, -0.15) is 13.2 Å². The highest BCUT2D eigenvalue weighted by Crippen LogP contribution is 2.39. The van der Waals surface area contributed by atoms with Crippen LogP contribution < -0.4 is 0 Å². The van der Waals surface area contributed by atoms with Crippen LogP contribution in [0.25, 0.3) is 11.0 Å². The molecule has 134 valence electrons. The highest BCUT2D eigenvalue weighted by atomic mass is 19.4. The van der Waals surface area contributed by atoms with Crippen LogP contribution in [0.3, 0.4) is 0 Å². The number of likely N-dealkylation sites (tertiary alicyclic amines) is 1. The second kappa shape index (κ2) is 5.79. The molecule has 0 bridgehead atoms. The molecule has 1 saturated heterocycles. The van der Waals surface area contributed by atoms with Crippen molar-refractivity contribution in [3.63, 3.8) is 0 Å². The molecule has 5 nitrogen and oxygen atoms in total. The van der Waals surface area contributed by atoms with Crippen molar-refractivity contribution in [1.82, 2.24) is 4.90 Å². The van der Waals surface area contributed by atoms with Crippen LogP contribution >= 0.6 is 0 Å². The van der Waals surface area contributed by atoms with Gasteiger partial charge in [0.05, 0.1) is 11.8 Å². The van der Waals surface area contributed by atoms with E-state index in [2.05, 4.69) is 0 Å². The van der Waals surface area contributed by atoms with Gasteiger partial charge in [-0.15, -0.1) is 0 Å². The third-order valence-electron chi connectivity index (χ3n) is 4.70. The molecular formula is C17H16F3NO4. The van der Waals surface area contributed by atoms with Gasteiger partial charge in [-0.25, -0.2) is 0 Å². The average molecular weight is 355 g/mol. The first kappa shape index (κ1) is 17.3. The predicted octanol–water partition coefficient (Wildman–Crippen LogP) is 3.38. The van der Waals surface area contributed by atoms with E-state index in [4.69, 9.17) is 9.52 Å².